The Morgan fingerprint density at radius 2 is 2.02 bits per heavy atom. The highest BCUT2D eigenvalue weighted by Gasteiger charge is 2.43. The van der Waals surface area contributed by atoms with Crippen LogP contribution in [0.2, 0.25) is 5.02 Å². The fraction of sp³-hybridized carbons (Fsp3) is 0.400. The molecule has 1 aromatic heterocycles. The van der Waals surface area contributed by atoms with Gasteiger partial charge in [-0.15, -0.1) is 0 Å². The molecule has 7 rings (SSSR count). The Morgan fingerprint density at radius 3 is 2.83 bits per heavy atom. The summed E-state index contributed by atoms with van der Waals surface area (Å²) < 4.78 is 26.6. The lowest BCUT2D eigenvalue weighted by atomic mass is 10.1. The second kappa shape index (κ2) is 14.2. The first-order valence-corrected chi connectivity index (χ1v) is 17.4. The minimum absolute atomic E-state index is 0.187. The molecular weight excluding hydrogens is 655 g/mol. The number of likely N-dealkylation sites (tertiary alicyclic amines) is 1. The Morgan fingerprint density at radius 1 is 1.15 bits per heavy atom. The van der Waals surface area contributed by atoms with Gasteiger partial charge in [0.15, 0.2) is 5.72 Å². The molecule has 0 amide bonds. The van der Waals surface area contributed by atoms with Gasteiger partial charge in [-0.25, -0.2) is 9.07 Å². The predicted molar refractivity (Wildman–Crippen MR) is 186 cm³/mol. The van der Waals surface area contributed by atoms with E-state index in [1.54, 1.807) is 36.1 Å². The van der Waals surface area contributed by atoms with Crippen molar-refractivity contribution in [2.24, 2.45) is 0 Å². The molecule has 4 N–H and O–H groups in total. The fourth-order valence-corrected chi connectivity index (χ4v) is 8.39. The number of rotatable bonds is 12. The van der Waals surface area contributed by atoms with Gasteiger partial charge in [-0.3, -0.25) is 10.2 Å². The van der Waals surface area contributed by atoms with Crippen molar-refractivity contribution >= 4 is 40.0 Å². The Labute approximate surface area is 288 Å². The molecule has 13 heteroatoms. The van der Waals surface area contributed by atoms with Crippen LogP contribution in [0.3, 0.4) is 0 Å². The molecule has 3 unspecified atom stereocenters. The highest BCUT2D eigenvalue weighted by atomic mass is 35.5. The van der Waals surface area contributed by atoms with Crippen molar-refractivity contribution in [1.29, 1.82) is 0 Å². The maximum Gasteiger partial charge on any atom is 0.188 e. The number of methoxy groups -OCH3 is 1. The normalized spacial score (nSPS) is 22.7. The minimum Gasteiger partial charge on any atom is -0.487 e. The van der Waals surface area contributed by atoms with Crippen LogP contribution >= 0.6 is 23.4 Å². The third-order valence-electron chi connectivity index (χ3n) is 9.19. The summed E-state index contributed by atoms with van der Waals surface area (Å²) in [5, 5.41) is 37.6. The maximum absolute atomic E-state index is 13.6. The molecule has 1 fully saturated rings. The molecule has 0 bridgehead atoms. The molecule has 4 aromatic rings. The molecule has 0 radical (unpaired) electrons. The van der Waals surface area contributed by atoms with Gasteiger partial charge < -0.3 is 29.9 Å². The smallest absolute Gasteiger partial charge is 0.188 e. The standard InChI is InChI=1S/C35H40ClFN6O4S/c1-46-19-27-9-5-13-41(27)20-35(45,43-17-24-7-2-3-10-30(24)40-43)21-42-22-38-16-28-32(44)33(48-34(28)42)39-26-11-12-31(29(36)15-26)47-18-23-6-4-8-25(37)14-23/h2-4,6-8,10-12,14-15,17,27,32-33,38-39,44-45H,5,9,13,16,18-22H2,1H3/t27-,32?,33?,35?/m0/s1. The SMILES string of the molecule is COC[C@@H]1CCCN1CC(O)(CN1CNCC2=C1SC(Nc1ccc(OCc3cccc(F)c3)c(Cl)c1)C2O)n1cc2ccccc2n1. The largest absolute Gasteiger partial charge is 0.487 e. The summed E-state index contributed by atoms with van der Waals surface area (Å²) in [5.41, 5.74) is 1.76. The molecular formula is C35H40ClFN6O4S. The minimum atomic E-state index is -1.36. The zero-order valence-corrected chi connectivity index (χ0v) is 28.3. The van der Waals surface area contributed by atoms with E-state index in [4.69, 9.17) is 26.2 Å². The first-order valence-electron chi connectivity index (χ1n) is 16.2. The second-order valence-corrected chi connectivity index (χ2v) is 14.2. The van der Waals surface area contributed by atoms with Crippen molar-refractivity contribution in [2.45, 2.75) is 42.7 Å². The zero-order valence-electron chi connectivity index (χ0n) is 26.7. The molecule has 3 aliphatic rings. The summed E-state index contributed by atoms with van der Waals surface area (Å²) in [6.45, 7) is 3.37. The lowest BCUT2D eigenvalue weighted by Crippen LogP contribution is -2.55. The van der Waals surface area contributed by atoms with Crippen LogP contribution in [-0.4, -0.2) is 93.9 Å². The quantitative estimate of drug-likeness (QED) is 0.166. The molecule has 4 atom stereocenters. The van der Waals surface area contributed by atoms with E-state index in [9.17, 15) is 14.6 Å². The third kappa shape index (κ3) is 7.02. The number of aromatic nitrogens is 2. The van der Waals surface area contributed by atoms with Crippen molar-refractivity contribution in [3.63, 3.8) is 0 Å². The van der Waals surface area contributed by atoms with E-state index in [0.717, 1.165) is 46.6 Å². The van der Waals surface area contributed by atoms with Gasteiger partial charge in [0.1, 0.15) is 29.7 Å². The Bertz CT molecular complexity index is 1760. The first-order chi connectivity index (χ1) is 23.3. The monoisotopic (exact) mass is 694 g/mol. The van der Waals surface area contributed by atoms with Gasteiger partial charge in [-0.05, 0) is 61.3 Å². The molecule has 254 valence electrons. The maximum atomic E-state index is 13.6. The number of aliphatic hydroxyl groups is 2. The number of β-amino-alcohol motifs (C(OH)–C–C–N with tert-alkyl or cyclic N) is 1. The van der Waals surface area contributed by atoms with Crippen molar-refractivity contribution in [1.82, 2.24) is 24.9 Å². The number of halogens is 2. The van der Waals surface area contributed by atoms with Crippen LogP contribution in [0.15, 0.2) is 83.5 Å². The van der Waals surface area contributed by atoms with E-state index in [2.05, 4.69) is 20.4 Å². The molecule has 0 aliphatic carbocycles. The topological polar surface area (TPSA) is 107 Å². The van der Waals surface area contributed by atoms with Crippen molar-refractivity contribution in [3.05, 3.63) is 99.9 Å². The third-order valence-corrected chi connectivity index (χ3v) is 10.9. The number of nitrogens with one attached hydrogen (secondary N) is 2. The van der Waals surface area contributed by atoms with Gasteiger partial charge in [0.25, 0.3) is 0 Å². The van der Waals surface area contributed by atoms with Crippen LogP contribution in [0.4, 0.5) is 10.1 Å². The average Bonchev–Trinajstić information content (AvgIpc) is 3.79. The second-order valence-electron chi connectivity index (χ2n) is 12.6. The van der Waals surface area contributed by atoms with E-state index >= 15 is 0 Å². The molecule has 48 heavy (non-hydrogen) atoms. The molecule has 3 aliphatic heterocycles. The molecule has 3 aromatic carbocycles. The number of anilines is 1. The van der Waals surface area contributed by atoms with Gasteiger partial charge in [-0.2, -0.15) is 5.10 Å². The van der Waals surface area contributed by atoms with Crippen LogP contribution in [0.5, 0.6) is 5.75 Å². The van der Waals surface area contributed by atoms with E-state index in [0.29, 0.717) is 42.7 Å². The number of fused-ring (bicyclic) bond motifs is 1. The highest BCUT2D eigenvalue weighted by Crippen LogP contribution is 2.43. The van der Waals surface area contributed by atoms with Gasteiger partial charge in [-0.1, -0.05) is 53.7 Å². The number of nitrogens with zero attached hydrogens (tertiary/aromatic N) is 4. The van der Waals surface area contributed by atoms with Gasteiger partial charge in [0, 0.05) is 42.5 Å². The van der Waals surface area contributed by atoms with Gasteiger partial charge in [0.2, 0.25) is 0 Å². The Balaban J connectivity index is 1.07. The number of hydrogen-bond acceptors (Lipinski definition) is 10. The average molecular weight is 695 g/mol. The number of benzene rings is 3. The predicted octanol–water partition coefficient (Wildman–Crippen LogP) is 4.78. The molecule has 0 saturated carbocycles. The van der Waals surface area contributed by atoms with Crippen LogP contribution in [0.1, 0.15) is 18.4 Å². The first kappa shape index (κ1) is 33.2. The lowest BCUT2D eigenvalue weighted by Gasteiger charge is -2.41. The lowest BCUT2D eigenvalue weighted by molar-refractivity contribution is -0.0963. The van der Waals surface area contributed by atoms with Gasteiger partial charge in [0.05, 0.1) is 41.9 Å². The molecule has 4 heterocycles. The zero-order chi connectivity index (χ0) is 33.3. The summed E-state index contributed by atoms with van der Waals surface area (Å²) in [5.74, 6) is 0.163. The van der Waals surface area contributed by atoms with Crippen LogP contribution in [0.25, 0.3) is 10.9 Å². The summed E-state index contributed by atoms with van der Waals surface area (Å²) in [6, 6.07) is 19.7. The van der Waals surface area contributed by atoms with Crippen molar-refractivity contribution < 1.29 is 24.1 Å². The fourth-order valence-electron chi connectivity index (χ4n) is 6.81. The van der Waals surface area contributed by atoms with E-state index in [1.807, 2.05) is 36.5 Å². The van der Waals surface area contributed by atoms with E-state index in [1.165, 1.54) is 23.9 Å². The number of hydrogen-bond donors (Lipinski definition) is 4. The van der Waals surface area contributed by atoms with Gasteiger partial charge >= 0.3 is 0 Å². The van der Waals surface area contributed by atoms with Crippen LogP contribution < -0.4 is 15.4 Å². The molecule has 10 nitrogen and oxygen atoms in total. The number of ether oxygens (including phenoxy) is 2. The molecule has 0 spiro atoms. The molecule has 1 saturated heterocycles. The van der Waals surface area contributed by atoms with Crippen molar-refractivity contribution in [3.8, 4) is 5.75 Å². The Kier molecular flexibility index (Phi) is 9.84. The highest BCUT2D eigenvalue weighted by molar-refractivity contribution is 8.04. The summed E-state index contributed by atoms with van der Waals surface area (Å²) >= 11 is 8.11. The van der Waals surface area contributed by atoms with Crippen LogP contribution in [0, 0.1) is 5.82 Å². The summed E-state index contributed by atoms with van der Waals surface area (Å²) in [6.07, 6.45) is 3.21. The van der Waals surface area contributed by atoms with E-state index < -0.39 is 11.8 Å². The summed E-state index contributed by atoms with van der Waals surface area (Å²) in [4.78, 5) is 4.41. The Hall–Kier alpha value is -3.36. The number of aliphatic hydroxyl groups excluding tert-OH is 1. The summed E-state index contributed by atoms with van der Waals surface area (Å²) in [7, 11) is 1.72. The van der Waals surface area contributed by atoms with Crippen molar-refractivity contribution in [2.75, 3.05) is 51.9 Å². The van der Waals surface area contributed by atoms with E-state index in [-0.39, 0.29) is 30.4 Å². The van der Waals surface area contributed by atoms with Crippen LogP contribution in [-0.2, 0) is 17.1 Å². The number of thioether (sulfide) groups is 1.